The van der Waals surface area contributed by atoms with Gasteiger partial charge in [-0.2, -0.15) is 0 Å². The maximum Gasteiger partial charge on any atom is 0.354 e. The third kappa shape index (κ3) is 2.62. The highest BCUT2D eigenvalue weighted by Gasteiger charge is 2.30. The summed E-state index contributed by atoms with van der Waals surface area (Å²) in [5.41, 5.74) is 8.40. The molecule has 0 saturated carbocycles. The smallest absolute Gasteiger partial charge is 0.354 e. The van der Waals surface area contributed by atoms with Crippen LogP contribution in [0.15, 0.2) is 54.7 Å². The number of hydrogen-bond donors (Lipinski definition) is 3. The zero-order chi connectivity index (χ0) is 19.1. The topological polar surface area (TPSA) is 122 Å². The molecule has 1 aliphatic rings. The van der Waals surface area contributed by atoms with Gasteiger partial charge in [-0.1, -0.05) is 36.4 Å². The second kappa shape index (κ2) is 6.06. The highest BCUT2D eigenvalue weighted by molar-refractivity contribution is 6.25. The van der Waals surface area contributed by atoms with E-state index in [1.807, 2.05) is 0 Å². The third-order valence-electron chi connectivity index (χ3n) is 4.40. The van der Waals surface area contributed by atoms with Crippen molar-refractivity contribution in [3.05, 3.63) is 77.1 Å². The van der Waals surface area contributed by atoms with Crippen LogP contribution in [0.4, 0.5) is 11.4 Å². The molecule has 0 unspecified atom stereocenters. The fourth-order valence-electron chi connectivity index (χ4n) is 3.15. The number of ketones is 1. The Bertz CT molecular complexity index is 1140. The SMILES string of the molecule is Nc1cnc(C(=O)O)cc1NC(=O)c1cccc2c1-c1ccccc1C2=O. The van der Waals surface area contributed by atoms with Crippen molar-refractivity contribution in [2.24, 2.45) is 0 Å². The molecule has 2 aromatic carbocycles. The maximum absolute atomic E-state index is 12.9. The summed E-state index contributed by atoms with van der Waals surface area (Å²) < 4.78 is 0. The van der Waals surface area contributed by atoms with Crippen molar-refractivity contribution in [1.29, 1.82) is 0 Å². The summed E-state index contributed by atoms with van der Waals surface area (Å²) >= 11 is 0. The van der Waals surface area contributed by atoms with Crippen LogP contribution in [0.5, 0.6) is 0 Å². The van der Waals surface area contributed by atoms with E-state index < -0.39 is 11.9 Å². The van der Waals surface area contributed by atoms with Crippen molar-refractivity contribution in [3.8, 4) is 11.1 Å². The highest BCUT2D eigenvalue weighted by Crippen LogP contribution is 2.39. The number of carboxylic acid groups (broad SMARTS) is 1. The standard InChI is InChI=1S/C20H13N3O4/c21-14-9-22-16(20(26)27)8-15(14)23-19(25)13-7-3-6-12-17(13)10-4-1-2-5-11(10)18(12)24/h1-9H,21H2,(H,26,27)(H,22,23,25). The highest BCUT2D eigenvalue weighted by atomic mass is 16.4. The van der Waals surface area contributed by atoms with Crippen LogP contribution in [0.3, 0.4) is 0 Å². The lowest BCUT2D eigenvalue weighted by Crippen LogP contribution is -2.15. The second-order valence-corrected chi connectivity index (χ2v) is 6.02. The number of carbonyl (C=O) groups excluding carboxylic acids is 2. The Balaban J connectivity index is 1.77. The van der Waals surface area contributed by atoms with E-state index >= 15 is 0 Å². The van der Waals surface area contributed by atoms with Gasteiger partial charge in [-0.25, -0.2) is 9.78 Å². The van der Waals surface area contributed by atoms with Gasteiger partial charge in [0, 0.05) is 22.3 Å². The molecule has 132 valence electrons. The number of rotatable bonds is 3. The Morgan fingerprint density at radius 2 is 1.70 bits per heavy atom. The summed E-state index contributed by atoms with van der Waals surface area (Å²) in [6, 6.07) is 13.2. The van der Waals surface area contributed by atoms with E-state index in [2.05, 4.69) is 10.3 Å². The maximum atomic E-state index is 12.9. The minimum atomic E-state index is -1.23. The van der Waals surface area contributed by atoms with E-state index in [0.29, 0.717) is 27.8 Å². The normalized spacial score (nSPS) is 11.6. The van der Waals surface area contributed by atoms with Crippen LogP contribution in [0, 0.1) is 0 Å². The summed E-state index contributed by atoms with van der Waals surface area (Å²) in [4.78, 5) is 40.2. The first-order chi connectivity index (χ1) is 13.0. The lowest BCUT2D eigenvalue weighted by molar-refractivity contribution is 0.0690. The molecule has 0 aliphatic heterocycles. The lowest BCUT2D eigenvalue weighted by atomic mass is 9.99. The molecule has 1 aliphatic carbocycles. The number of benzene rings is 2. The molecule has 27 heavy (non-hydrogen) atoms. The predicted octanol–water partition coefficient (Wildman–Crippen LogP) is 2.83. The first-order valence-corrected chi connectivity index (χ1v) is 8.04. The quantitative estimate of drug-likeness (QED) is 0.517. The molecule has 1 amide bonds. The van der Waals surface area contributed by atoms with Crippen molar-refractivity contribution < 1.29 is 19.5 Å². The van der Waals surface area contributed by atoms with Gasteiger partial charge >= 0.3 is 5.97 Å². The summed E-state index contributed by atoms with van der Waals surface area (Å²) in [7, 11) is 0. The average Bonchev–Trinajstić information content (AvgIpc) is 2.96. The van der Waals surface area contributed by atoms with Crippen LogP contribution in [0.1, 0.15) is 36.8 Å². The van der Waals surface area contributed by atoms with Gasteiger partial charge in [-0.05, 0) is 17.7 Å². The Hall–Kier alpha value is -4.00. The summed E-state index contributed by atoms with van der Waals surface area (Å²) in [5, 5.41) is 11.7. The van der Waals surface area contributed by atoms with E-state index in [1.54, 1.807) is 42.5 Å². The van der Waals surface area contributed by atoms with Crippen LogP contribution >= 0.6 is 0 Å². The number of nitrogens with zero attached hydrogens (tertiary/aromatic N) is 1. The molecular formula is C20H13N3O4. The van der Waals surface area contributed by atoms with Gasteiger partial charge in [0.1, 0.15) is 5.69 Å². The molecule has 4 rings (SSSR count). The summed E-state index contributed by atoms with van der Waals surface area (Å²) in [6.07, 6.45) is 1.17. The van der Waals surface area contributed by atoms with E-state index in [1.165, 1.54) is 12.3 Å². The van der Waals surface area contributed by atoms with Crippen LogP contribution in [0.2, 0.25) is 0 Å². The van der Waals surface area contributed by atoms with Crippen molar-refractivity contribution >= 4 is 29.0 Å². The first-order valence-electron chi connectivity index (χ1n) is 8.04. The molecule has 0 bridgehead atoms. The number of nitrogen functional groups attached to an aromatic ring is 1. The van der Waals surface area contributed by atoms with E-state index in [9.17, 15) is 14.4 Å². The number of nitrogens with two attached hydrogens (primary N) is 1. The van der Waals surface area contributed by atoms with E-state index in [-0.39, 0.29) is 22.9 Å². The largest absolute Gasteiger partial charge is 0.477 e. The molecule has 0 saturated heterocycles. The van der Waals surface area contributed by atoms with Crippen LogP contribution in [-0.4, -0.2) is 27.8 Å². The first kappa shape index (κ1) is 16.5. The Morgan fingerprint density at radius 1 is 1.00 bits per heavy atom. The molecular weight excluding hydrogens is 346 g/mol. The lowest BCUT2D eigenvalue weighted by Gasteiger charge is -2.11. The number of amides is 1. The average molecular weight is 359 g/mol. The van der Waals surface area contributed by atoms with Crippen LogP contribution in [-0.2, 0) is 0 Å². The molecule has 0 atom stereocenters. The number of fused-ring (bicyclic) bond motifs is 3. The molecule has 1 heterocycles. The zero-order valence-corrected chi connectivity index (χ0v) is 13.9. The fraction of sp³-hybridized carbons (Fsp3) is 0. The predicted molar refractivity (Wildman–Crippen MR) is 98.9 cm³/mol. The van der Waals surface area contributed by atoms with Gasteiger partial charge < -0.3 is 16.2 Å². The number of aromatic nitrogens is 1. The van der Waals surface area contributed by atoms with E-state index in [4.69, 9.17) is 10.8 Å². The van der Waals surface area contributed by atoms with Crippen molar-refractivity contribution in [3.63, 3.8) is 0 Å². The molecule has 3 aromatic rings. The van der Waals surface area contributed by atoms with Crippen molar-refractivity contribution in [2.75, 3.05) is 11.1 Å². The van der Waals surface area contributed by atoms with Crippen molar-refractivity contribution in [1.82, 2.24) is 4.98 Å². The molecule has 0 fully saturated rings. The third-order valence-corrected chi connectivity index (χ3v) is 4.40. The number of carboxylic acids is 1. The number of hydrogen-bond acceptors (Lipinski definition) is 5. The van der Waals surface area contributed by atoms with Gasteiger partial charge in [0.15, 0.2) is 5.78 Å². The summed E-state index contributed by atoms with van der Waals surface area (Å²) in [5.74, 6) is -1.86. The molecule has 4 N–H and O–H groups in total. The number of carbonyl (C=O) groups is 3. The van der Waals surface area contributed by atoms with Gasteiger partial charge in [-0.15, -0.1) is 0 Å². The van der Waals surface area contributed by atoms with Gasteiger partial charge in [-0.3, -0.25) is 9.59 Å². The number of nitrogens with one attached hydrogen (secondary N) is 1. The van der Waals surface area contributed by atoms with Gasteiger partial charge in [0.2, 0.25) is 0 Å². The van der Waals surface area contributed by atoms with Gasteiger partial charge in [0.25, 0.3) is 5.91 Å². The molecule has 0 radical (unpaired) electrons. The number of pyridine rings is 1. The monoisotopic (exact) mass is 359 g/mol. The Morgan fingerprint density at radius 3 is 2.44 bits per heavy atom. The fourth-order valence-corrected chi connectivity index (χ4v) is 3.15. The zero-order valence-electron chi connectivity index (χ0n) is 13.9. The molecule has 1 aromatic heterocycles. The van der Waals surface area contributed by atoms with Gasteiger partial charge in [0.05, 0.1) is 17.6 Å². The second-order valence-electron chi connectivity index (χ2n) is 6.02. The van der Waals surface area contributed by atoms with E-state index in [0.717, 1.165) is 0 Å². The number of anilines is 2. The van der Waals surface area contributed by atoms with Crippen molar-refractivity contribution in [2.45, 2.75) is 0 Å². The molecule has 0 spiro atoms. The minimum absolute atomic E-state index is 0.133. The number of aromatic carboxylic acids is 1. The van der Waals surface area contributed by atoms with Crippen LogP contribution < -0.4 is 11.1 Å². The Kier molecular flexibility index (Phi) is 3.70. The summed E-state index contributed by atoms with van der Waals surface area (Å²) in [6.45, 7) is 0. The molecule has 7 nitrogen and oxygen atoms in total. The van der Waals surface area contributed by atoms with Crippen LogP contribution in [0.25, 0.3) is 11.1 Å². The minimum Gasteiger partial charge on any atom is -0.477 e. The molecule has 7 heteroatoms. The Labute approximate surface area is 153 Å².